The van der Waals surface area contributed by atoms with E-state index in [1.807, 2.05) is 30.3 Å². The fourth-order valence-corrected chi connectivity index (χ4v) is 3.37. The van der Waals surface area contributed by atoms with E-state index < -0.39 is 0 Å². The first-order valence-corrected chi connectivity index (χ1v) is 8.85. The van der Waals surface area contributed by atoms with Crippen LogP contribution in [0.4, 0.5) is 0 Å². The van der Waals surface area contributed by atoms with Crippen LogP contribution in [-0.4, -0.2) is 16.9 Å². The third-order valence-corrected chi connectivity index (χ3v) is 4.76. The number of aromatic nitrogens is 1. The van der Waals surface area contributed by atoms with Gasteiger partial charge in [-0.05, 0) is 30.9 Å². The molecule has 23 heavy (non-hydrogen) atoms. The summed E-state index contributed by atoms with van der Waals surface area (Å²) in [5.74, 6) is 0.362. The highest BCUT2D eigenvalue weighted by Gasteiger charge is 2.19. The van der Waals surface area contributed by atoms with Gasteiger partial charge in [0.1, 0.15) is 0 Å². The molecule has 1 aliphatic rings. The molecule has 1 saturated carbocycles. The molecule has 0 spiro atoms. The van der Waals surface area contributed by atoms with Gasteiger partial charge in [-0.2, -0.15) is 0 Å². The fraction of sp³-hybridized carbons (Fsp3) is 0.500. The highest BCUT2D eigenvalue weighted by molar-refractivity contribution is 6.06. The first kappa shape index (κ1) is 16.0. The van der Waals surface area contributed by atoms with Crippen LogP contribution in [0.3, 0.4) is 0 Å². The monoisotopic (exact) mass is 310 g/mol. The number of carbonyl (C=O) groups is 1. The molecule has 1 aliphatic carbocycles. The summed E-state index contributed by atoms with van der Waals surface area (Å²) in [6.45, 7) is 4.23. The van der Waals surface area contributed by atoms with Crippen molar-refractivity contribution in [3.05, 3.63) is 41.6 Å². The van der Waals surface area contributed by atoms with E-state index in [0.29, 0.717) is 12.0 Å². The van der Waals surface area contributed by atoms with Crippen LogP contribution in [0.15, 0.2) is 30.3 Å². The number of para-hydroxylation sites is 1. The second kappa shape index (κ2) is 7.12. The molecule has 3 rings (SSSR count). The van der Waals surface area contributed by atoms with Gasteiger partial charge >= 0.3 is 0 Å². The fourth-order valence-electron chi connectivity index (χ4n) is 3.37. The highest BCUT2D eigenvalue weighted by Crippen LogP contribution is 2.23. The van der Waals surface area contributed by atoms with Crippen molar-refractivity contribution in [2.45, 2.75) is 64.3 Å². The first-order valence-electron chi connectivity index (χ1n) is 8.85. The molecule has 1 heterocycles. The number of carbonyl (C=O) groups excluding carboxylic acids is 1. The summed E-state index contributed by atoms with van der Waals surface area (Å²) in [5.41, 5.74) is 2.66. The maximum absolute atomic E-state index is 12.9. The van der Waals surface area contributed by atoms with Gasteiger partial charge in [0.2, 0.25) is 0 Å². The van der Waals surface area contributed by atoms with E-state index in [4.69, 9.17) is 4.98 Å². The molecular formula is C20H26N2O. The van der Waals surface area contributed by atoms with Crippen LogP contribution in [0, 0.1) is 0 Å². The Balaban J connectivity index is 1.92. The van der Waals surface area contributed by atoms with Crippen LogP contribution in [-0.2, 0) is 0 Å². The van der Waals surface area contributed by atoms with E-state index >= 15 is 0 Å². The van der Waals surface area contributed by atoms with Crippen molar-refractivity contribution in [3.8, 4) is 0 Å². The van der Waals surface area contributed by atoms with Crippen molar-refractivity contribution in [3.63, 3.8) is 0 Å². The zero-order valence-corrected chi connectivity index (χ0v) is 14.1. The molecule has 1 amide bonds. The molecule has 0 unspecified atom stereocenters. The minimum Gasteiger partial charge on any atom is -0.349 e. The molecule has 3 nitrogen and oxygen atoms in total. The second-order valence-corrected chi connectivity index (χ2v) is 6.93. The number of nitrogens with one attached hydrogen (secondary N) is 1. The Labute approximate surface area is 138 Å². The predicted molar refractivity (Wildman–Crippen MR) is 94.8 cm³/mol. The van der Waals surface area contributed by atoms with Gasteiger partial charge in [-0.1, -0.05) is 57.7 Å². The van der Waals surface area contributed by atoms with Gasteiger partial charge in [0.15, 0.2) is 0 Å². The third kappa shape index (κ3) is 3.72. The number of nitrogens with zero attached hydrogens (tertiary/aromatic N) is 1. The van der Waals surface area contributed by atoms with Gasteiger partial charge in [-0.3, -0.25) is 9.78 Å². The van der Waals surface area contributed by atoms with Crippen LogP contribution in [0.2, 0.25) is 0 Å². The number of fused-ring (bicyclic) bond motifs is 1. The molecule has 122 valence electrons. The molecule has 1 fully saturated rings. The van der Waals surface area contributed by atoms with Crippen LogP contribution in [0.25, 0.3) is 10.9 Å². The Morgan fingerprint density at radius 1 is 1.13 bits per heavy atom. The van der Waals surface area contributed by atoms with Crippen LogP contribution in [0.5, 0.6) is 0 Å². The summed E-state index contributed by atoms with van der Waals surface area (Å²) >= 11 is 0. The van der Waals surface area contributed by atoms with Crippen LogP contribution in [0.1, 0.15) is 74.3 Å². The van der Waals surface area contributed by atoms with Crippen molar-refractivity contribution in [2.75, 3.05) is 0 Å². The largest absolute Gasteiger partial charge is 0.349 e. The Morgan fingerprint density at radius 2 is 1.83 bits per heavy atom. The number of benzene rings is 1. The average Bonchev–Trinajstić information content (AvgIpc) is 2.82. The second-order valence-electron chi connectivity index (χ2n) is 6.93. The van der Waals surface area contributed by atoms with E-state index in [2.05, 4.69) is 19.2 Å². The molecule has 0 radical (unpaired) electrons. The normalized spacial score (nSPS) is 16.5. The van der Waals surface area contributed by atoms with E-state index in [0.717, 1.165) is 35.0 Å². The Morgan fingerprint density at radius 3 is 2.52 bits per heavy atom. The molecule has 2 aromatic rings. The lowest BCUT2D eigenvalue weighted by atomic mass is 10.0. The minimum atomic E-state index is 0.0531. The molecule has 1 aromatic carbocycles. The molecule has 0 atom stereocenters. The lowest BCUT2D eigenvalue weighted by Crippen LogP contribution is -2.34. The van der Waals surface area contributed by atoms with Gasteiger partial charge in [0.25, 0.3) is 5.91 Å². The number of hydrogen-bond acceptors (Lipinski definition) is 2. The summed E-state index contributed by atoms with van der Waals surface area (Å²) < 4.78 is 0. The van der Waals surface area contributed by atoms with Crippen LogP contribution < -0.4 is 5.32 Å². The molecule has 1 N–H and O–H groups in total. The molecule has 0 aliphatic heterocycles. The maximum atomic E-state index is 12.9. The minimum absolute atomic E-state index is 0.0531. The van der Waals surface area contributed by atoms with Gasteiger partial charge in [0.05, 0.1) is 11.1 Å². The zero-order valence-electron chi connectivity index (χ0n) is 14.1. The average molecular weight is 310 g/mol. The van der Waals surface area contributed by atoms with Crippen molar-refractivity contribution in [1.29, 1.82) is 0 Å². The SMILES string of the molecule is CC(C)c1cc(C(=O)NC2CCCCCC2)c2ccccc2n1. The number of hydrogen-bond donors (Lipinski definition) is 1. The Bertz CT molecular complexity index is 685. The summed E-state index contributed by atoms with van der Waals surface area (Å²) in [6, 6.07) is 10.2. The highest BCUT2D eigenvalue weighted by atomic mass is 16.1. The smallest absolute Gasteiger partial charge is 0.252 e. The predicted octanol–water partition coefficient (Wildman–Crippen LogP) is 4.81. The van der Waals surface area contributed by atoms with E-state index in [1.54, 1.807) is 0 Å². The Hall–Kier alpha value is -1.90. The van der Waals surface area contributed by atoms with Crippen LogP contribution >= 0.6 is 0 Å². The number of pyridine rings is 1. The molecule has 0 bridgehead atoms. The maximum Gasteiger partial charge on any atom is 0.252 e. The van der Waals surface area contributed by atoms with Crippen molar-refractivity contribution >= 4 is 16.8 Å². The standard InChI is InChI=1S/C20H26N2O/c1-14(2)19-13-17(16-11-7-8-12-18(16)22-19)20(23)21-15-9-5-3-4-6-10-15/h7-8,11-15H,3-6,9-10H2,1-2H3,(H,21,23). The number of amides is 1. The van der Waals surface area contributed by atoms with E-state index in [-0.39, 0.29) is 5.91 Å². The summed E-state index contributed by atoms with van der Waals surface area (Å²) in [7, 11) is 0. The van der Waals surface area contributed by atoms with Gasteiger partial charge in [-0.25, -0.2) is 0 Å². The summed E-state index contributed by atoms with van der Waals surface area (Å²) in [5, 5.41) is 4.21. The van der Waals surface area contributed by atoms with Gasteiger partial charge in [-0.15, -0.1) is 0 Å². The molecule has 0 saturated heterocycles. The summed E-state index contributed by atoms with van der Waals surface area (Å²) in [6.07, 6.45) is 7.24. The van der Waals surface area contributed by atoms with Gasteiger partial charge < -0.3 is 5.32 Å². The molecule has 1 aromatic heterocycles. The Kier molecular flexibility index (Phi) is 4.94. The summed E-state index contributed by atoms with van der Waals surface area (Å²) in [4.78, 5) is 17.6. The number of rotatable bonds is 3. The zero-order chi connectivity index (χ0) is 16.2. The molecular weight excluding hydrogens is 284 g/mol. The van der Waals surface area contributed by atoms with Crippen molar-refractivity contribution < 1.29 is 4.79 Å². The van der Waals surface area contributed by atoms with Crippen molar-refractivity contribution in [1.82, 2.24) is 10.3 Å². The topological polar surface area (TPSA) is 42.0 Å². The quantitative estimate of drug-likeness (QED) is 0.827. The lowest BCUT2D eigenvalue weighted by molar-refractivity contribution is 0.0935. The van der Waals surface area contributed by atoms with E-state index in [9.17, 15) is 4.79 Å². The molecule has 3 heteroatoms. The van der Waals surface area contributed by atoms with Crippen molar-refractivity contribution in [2.24, 2.45) is 0 Å². The van der Waals surface area contributed by atoms with E-state index in [1.165, 1.54) is 25.7 Å². The third-order valence-electron chi connectivity index (χ3n) is 4.76. The lowest BCUT2D eigenvalue weighted by Gasteiger charge is -2.18. The van der Waals surface area contributed by atoms with Gasteiger partial charge in [0, 0.05) is 17.1 Å². The first-order chi connectivity index (χ1) is 11.1.